The van der Waals surface area contributed by atoms with Gasteiger partial charge in [-0.15, -0.1) is 15.3 Å². The molecule has 1 aliphatic rings. The first kappa shape index (κ1) is 13.3. The molecule has 0 N–H and O–H groups in total. The Labute approximate surface area is 132 Å². The van der Waals surface area contributed by atoms with E-state index in [2.05, 4.69) is 37.1 Å². The predicted molar refractivity (Wildman–Crippen MR) is 84.4 cm³/mol. The van der Waals surface area contributed by atoms with Crippen molar-refractivity contribution in [3.05, 3.63) is 41.9 Å². The molecule has 112 valence electrons. The van der Waals surface area contributed by atoms with Crippen LogP contribution in [0, 0.1) is 0 Å². The Bertz CT molecular complexity index is 812. The molecule has 0 aliphatic carbocycles. The van der Waals surface area contributed by atoms with Gasteiger partial charge in [0.05, 0.1) is 16.8 Å². The van der Waals surface area contributed by atoms with Crippen LogP contribution in [-0.4, -0.2) is 51.0 Å². The zero-order valence-corrected chi connectivity index (χ0v) is 12.7. The van der Waals surface area contributed by atoms with Gasteiger partial charge >= 0.3 is 0 Å². The maximum atomic E-state index is 6.20. The van der Waals surface area contributed by atoms with Crippen LogP contribution in [0.1, 0.15) is 0 Å². The van der Waals surface area contributed by atoms with Gasteiger partial charge in [-0.25, -0.2) is 0 Å². The van der Waals surface area contributed by atoms with E-state index in [9.17, 15) is 0 Å². The van der Waals surface area contributed by atoms with Gasteiger partial charge in [0.25, 0.3) is 0 Å². The van der Waals surface area contributed by atoms with Crippen LogP contribution < -0.4 is 9.80 Å². The quantitative estimate of drug-likeness (QED) is 0.730. The van der Waals surface area contributed by atoms with Crippen molar-refractivity contribution >= 4 is 28.8 Å². The molecule has 0 unspecified atom stereocenters. The average molecular weight is 316 g/mol. The van der Waals surface area contributed by atoms with Crippen molar-refractivity contribution in [2.75, 3.05) is 29.9 Å². The largest absolute Gasteiger partial charge is 0.367 e. The summed E-state index contributed by atoms with van der Waals surface area (Å²) in [5.74, 6) is 0.928. The minimum absolute atomic E-state index is 0.401. The summed E-state index contributed by atoms with van der Waals surface area (Å²) in [6, 6.07) is 6.23. The second-order valence-electron chi connectivity index (χ2n) is 5.32. The smallest absolute Gasteiger partial charge is 0.177 e. The summed E-state index contributed by atoms with van der Waals surface area (Å²) in [5, 5.41) is 13.0. The molecular formula is C14H14ClN7. The highest BCUT2D eigenvalue weighted by Crippen LogP contribution is 2.29. The van der Waals surface area contributed by atoms with Crippen LogP contribution in [0.3, 0.4) is 0 Å². The number of likely N-dealkylation sites (N-methyl/N-ethyl adjacent to an activating group) is 1. The molecule has 8 heteroatoms. The Morgan fingerprint density at radius 1 is 1.27 bits per heavy atom. The Hall–Kier alpha value is -2.41. The lowest BCUT2D eigenvalue weighted by atomic mass is 10.1. The van der Waals surface area contributed by atoms with Crippen molar-refractivity contribution in [3.8, 4) is 0 Å². The van der Waals surface area contributed by atoms with Crippen molar-refractivity contribution in [1.29, 1.82) is 0 Å². The summed E-state index contributed by atoms with van der Waals surface area (Å²) >= 11 is 6.20. The van der Waals surface area contributed by atoms with Gasteiger partial charge < -0.3 is 9.80 Å². The predicted octanol–water partition coefficient (Wildman–Crippen LogP) is 1.50. The number of hydrogen-bond acceptors (Lipinski definition) is 6. The second-order valence-corrected chi connectivity index (χ2v) is 5.73. The minimum Gasteiger partial charge on any atom is -0.367 e. The van der Waals surface area contributed by atoms with Crippen LogP contribution >= 0.6 is 11.6 Å². The normalized spacial score (nSPS) is 15.1. The van der Waals surface area contributed by atoms with Crippen molar-refractivity contribution in [1.82, 2.24) is 24.8 Å². The van der Waals surface area contributed by atoms with Crippen LogP contribution in [0.25, 0.3) is 5.65 Å². The molecule has 7 nitrogen and oxygen atoms in total. The van der Waals surface area contributed by atoms with E-state index in [-0.39, 0.29) is 0 Å². The minimum atomic E-state index is 0.401. The van der Waals surface area contributed by atoms with Gasteiger partial charge in [0.15, 0.2) is 5.65 Å². The number of anilines is 2. The third-order valence-corrected chi connectivity index (χ3v) is 4.30. The monoisotopic (exact) mass is 315 g/mol. The van der Waals surface area contributed by atoms with Crippen LogP contribution in [0.15, 0.2) is 36.9 Å². The van der Waals surface area contributed by atoms with Gasteiger partial charge in [-0.05, 0) is 18.2 Å². The van der Waals surface area contributed by atoms with Gasteiger partial charge in [-0.2, -0.15) is 4.52 Å². The fourth-order valence-electron chi connectivity index (χ4n) is 2.62. The molecule has 0 amide bonds. The number of halogens is 1. The van der Waals surface area contributed by atoms with E-state index >= 15 is 0 Å². The van der Waals surface area contributed by atoms with E-state index in [1.807, 2.05) is 18.2 Å². The number of fused-ring (bicyclic) bond motifs is 1. The molecule has 4 heterocycles. The van der Waals surface area contributed by atoms with Crippen LogP contribution in [-0.2, 0) is 0 Å². The Balaban J connectivity index is 1.48. The van der Waals surface area contributed by atoms with Gasteiger partial charge in [0, 0.05) is 32.5 Å². The maximum absolute atomic E-state index is 6.20. The van der Waals surface area contributed by atoms with E-state index in [1.54, 1.807) is 23.2 Å². The first-order valence-electron chi connectivity index (χ1n) is 6.97. The molecule has 22 heavy (non-hydrogen) atoms. The van der Waals surface area contributed by atoms with Crippen LogP contribution in [0.2, 0.25) is 5.02 Å². The number of aromatic nitrogens is 5. The van der Waals surface area contributed by atoms with E-state index in [4.69, 9.17) is 11.6 Å². The highest BCUT2D eigenvalue weighted by molar-refractivity contribution is 6.33. The molecule has 0 bridgehead atoms. The van der Waals surface area contributed by atoms with Gasteiger partial charge in [0.1, 0.15) is 12.1 Å². The molecule has 3 aromatic rings. The fourth-order valence-corrected chi connectivity index (χ4v) is 2.88. The summed E-state index contributed by atoms with van der Waals surface area (Å²) in [6.45, 7) is 1.80. The standard InChI is InChI=1S/C14H14ClN7/c1-20(12-4-5-16-6-11(12)15)10-7-21(8-10)14-3-2-13-18-17-9-22(13)19-14/h2-6,9-10H,7-8H2,1H3. The molecule has 0 spiro atoms. The second kappa shape index (κ2) is 5.10. The van der Waals surface area contributed by atoms with Crippen molar-refractivity contribution < 1.29 is 0 Å². The highest BCUT2D eigenvalue weighted by Gasteiger charge is 2.32. The van der Waals surface area contributed by atoms with Gasteiger partial charge in [-0.1, -0.05) is 11.6 Å². The molecule has 0 aromatic carbocycles. The summed E-state index contributed by atoms with van der Waals surface area (Å²) in [6.07, 6.45) is 5.04. The van der Waals surface area contributed by atoms with Crippen molar-refractivity contribution in [3.63, 3.8) is 0 Å². The summed E-state index contributed by atoms with van der Waals surface area (Å²) in [7, 11) is 2.06. The molecule has 1 aliphatic heterocycles. The lowest BCUT2D eigenvalue weighted by molar-refractivity contribution is 0.489. The molecule has 1 fully saturated rings. The third-order valence-electron chi connectivity index (χ3n) is 4.01. The zero-order valence-electron chi connectivity index (χ0n) is 12.0. The molecular weight excluding hydrogens is 302 g/mol. The van der Waals surface area contributed by atoms with E-state index in [0.29, 0.717) is 11.1 Å². The zero-order chi connectivity index (χ0) is 15.1. The SMILES string of the molecule is CN(c1ccncc1Cl)C1CN(c2ccc3nncn3n2)C1. The van der Waals surface area contributed by atoms with Crippen molar-refractivity contribution in [2.45, 2.75) is 6.04 Å². The number of hydrogen-bond donors (Lipinski definition) is 0. The lowest BCUT2D eigenvalue weighted by Crippen LogP contribution is -2.59. The number of pyridine rings is 1. The Morgan fingerprint density at radius 3 is 2.95 bits per heavy atom. The summed E-state index contributed by atoms with van der Waals surface area (Å²) in [5.41, 5.74) is 1.75. The van der Waals surface area contributed by atoms with Gasteiger partial charge in [-0.3, -0.25) is 4.98 Å². The topological polar surface area (TPSA) is 62.5 Å². The molecule has 4 rings (SSSR count). The first-order chi connectivity index (χ1) is 10.7. The molecule has 0 atom stereocenters. The molecule has 0 saturated carbocycles. The van der Waals surface area contributed by atoms with Crippen molar-refractivity contribution in [2.24, 2.45) is 0 Å². The van der Waals surface area contributed by atoms with Gasteiger partial charge in [0.2, 0.25) is 0 Å². The van der Waals surface area contributed by atoms with Crippen LogP contribution in [0.4, 0.5) is 11.5 Å². The number of rotatable bonds is 3. The number of nitrogens with zero attached hydrogens (tertiary/aromatic N) is 7. The average Bonchev–Trinajstić information content (AvgIpc) is 2.93. The third kappa shape index (κ3) is 2.14. The highest BCUT2D eigenvalue weighted by atomic mass is 35.5. The first-order valence-corrected chi connectivity index (χ1v) is 7.34. The Morgan fingerprint density at radius 2 is 2.14 bits per heavy atom. The summed E-state index contributed by atoms with van der Waals surface area (Å²) in [4.78, 5) is 8.43. The van der Waals surface area contributed by atoms with E-state index < -0.39 is 0 Å². The van der Waals surface area contributed by atoms with E-state index in [1.165, 1.54) is 0 Å². The van der Waals surface area contributed by atoms with Crippen LogP contribution in [0.5, 0.6) is 0 Å². The fraction of sp³-hybridized carbons (Fsp3) is 0.286. The Kier molecular flexibility index (Phi) is 3.07. The lowest BCUT2D eigenvalue weighted by Gasteiger charge is -2.45. The molecule has 1 saturated heterocycles. The molecule has 3 aromatic heterocycles. The summed E-state index contributed by atoms with van der Waals surface area (Å²) < 4.78 is 1.69. The van der Waals surface area contributed by atoms with E-state index in [0.717, 1.165) is 30.2 Å². The maximum Gasteiger partial charge on any atom is 0.177 e. The molecule has 0 radical (unpaired) electrons.